The van der Waals surface area contributed by atoms with Gasteiger partial charge in [-0.2, -0.15) is 0 Å². The fraction of sp³-hybridized carbons (Fsp3) is 0.625. The lowest BCUT2D eigenvalue weighted by Gasteiger charge is -2.24. The molecule has 1 N–H and O–H groups in total. The highest BCUT2D eigenvalue weighted by Crippen LogP contribution is 2.50. The number of rotatable bonds is 4. The summed E-state index contributed by atoms with van der Waals surface area (Å²) in [6.07, 6.45) is 6.96. The minimum Gasteiger partial charge on any atom is -0.393 e. The van der Waals surface area contributed by atoms with Crippen molar-refractivity contribution in [2.75, 3.05) is 0 Å². The van der Waals surface area contributed by atoms with Crippen LogP contribution in [0.4, 0.5) is 0 Å². The molecule has 0 amide bonds. The molecule has 3 heteroatoms. The second kappa shape index (κ2) is 5.75. The largest absolute Gasteiger partial charge is 0.393 e. The zero-order valence-electron chi connectivity index (χ0n) is 11.0. The maximum absolute atomic E-state index is 10.3. The fourth-order valence-corrected chi connectivity index (χ4v) is 4.79. The Morgan fingerprint density at radius 1 is 1.32 bits per heavy atom. The Hall–Kier alpha value is -0.0500. The van der Waals surface area contributed by atoms with E-state index in [1.54, 1.807) is 0 Å². The molecule has 2 aliphatic rings. The highest BCUT2D eigenvalue weighted by Gasteiger charge is 2.39. The smallest absolute Gasteiger partial charge is 0.0583 e. The van der Waals surface area contributed by atoms with E-state index in [0.29, 0.717) is 6.42 Å². The van der Waals surface area contributed by atoms with Gasteiger partial charge in [-0.3, -0.25) is 0 Å². The van der Waals surface area contributed by atoms with Crippen LogP contribution >= 0.6 is 27.5 Å². The van der Waals surface area contributed by atoms with Crippen LogP contribution in [0.2, 0.25) is 5.02 Å². The van der Waals surface area contributed by atoms with Gasteiger partial charge in [0.15, 0.2) is 0 Å². The third kappa shape index (κ3) is 3.17. The monoisotopic (exact) mass is 342 g/mol. The van der Waals surface area contributed by atoms with E-state index in [1.165, 1.54) is 25.7 Å². The number of hydrogen-bond acceptors (Lipinski definition) is 1. The van der Waals surface area contributed by atoms with Crippen molar-refractivity contribution in [2.24, 2.45) is 17.8 Å². The quantitative estimate of drug-likeness (QED) is 0.830. The summed E-state index contributed by atoms with van der Waals surface area (Å²) in [5.74, 6) is 2.60. The van der Waals surface area contributed by atoms with Crippen molar-refractivity contribution in [3.8, 4) is 0 Å². The first kappa shape index (κ1) is 13.9. The predicted octanol–water partition coefficient (Wildman–Crippen LogP) is 4.83. The van der Waals surface area contributed by atoms with Gasteiger partial charge in [0.1, 0.15) is 0 Å². The zero-order chi connectivity index (χ0) is 13.4. The lowest BCUT2D eigenvalue weighted by atomic mass is 9.84. The summed E-state index contributed by atoms with van der Waals surface area (Å²) in [6, 6.07) is 5.91. The van der Waals surface area contributed by atoms with E-state index in [1.807, 2.05) is 18.2 Å². The van der Waals surface area contributed by atoms with Crippen LogP contribution in [0, 0.1) is 17.8 Å². The van der Waals surface area contributed by atoms with Gasteiger partial charge in [-0.1, -0.05) is 40.0 Å². The normalized spacial score (nSPS) is 30.8. The van der Waals surface area contributed by atoms with Gasteiger partial charge < -0.3 is 5.11 Å². The van der Waals surface area contributed by atoms with E-state index < -0.39 is 0 Å². The molecule has 0 aromatic heterocycles. The van der Waals surface area contributed by atoms with Crippen molar-refractivity contribution in [3.05, 3.63) is 33.3 Å². The zero-order valence-corrected chi connectivity index (χ0v) is 13.3. The molecule has 104 valence electrons. The molecule has 1 aromatic rings. The molecule has 2 saturated carbocycles. The Kier molecular flexibility index (Phi) is 4.21. The molecule has 1 nitrogen and oxygen atoms in total. The van der Waals surface area contributed by atoms with E-state index in [4.69, 9.17) is 11.6 Å². The Balaban J connectivity index is 1.57. The minimum absolute atomic E-state index is 0.247. The lowest BCUT2D eigenvalue weighted by molar-refractivity contribution is 0.124. The first-order chi connectivity index (χ1) is 9.11. The summed E-state index contributed by atoms with van der Waals surface area (Å²) in [5.41, 5.74) is 1.06. The van der Waals surface area contributed by atoms with Gasteiger partial charge in [0.2, 0.25) is 0 Å². The van der Waals surface area contributed by atoms with E-state index in [2.05, 4.69) is 15.9 Å². The number of aliphatic hydroxyl groups excluding tert-OH is 1. The minimum atomic E-state index is -0.247. The summed E-state index contributed by atoms with van der Waals surface area (Å²) in [5, 5.41) is 11.1. The molecular formula is C16H20BrClO. The number of hydrogen-bond donors (Lipinski definition) is 1. The molecule has 0 spiro atoms. The van der Waals surface area contributed by atoms with Crippen molar-refractivity contribution in [1.82, 2.24) is 0 Å². The lowest BCUT2D eigenvalue weighted by Crippen LogP contribution is -2.20. The molecule has 1 aromatic carbocycles. The second-order valence-electron chi connectivity index (χ2n) is 6.26. The molecule has 4 unspecified atom stereocenters. The van der Waals surface area contributed by atoms with Crippen molar-refractivity contribution in [1.29, 1.82) is 0 Å². The van der Waals surface area contributed by atoms with Gasteiger partial charge in [0.25, 0.3) is 0 Å². The topological polar surface area (TPSA) is 20.2 Å². The standard InChI is InChI=1S/C16H20BrClO/c17-14-4-3-12(16(18)9-14)7-15(19)8-13-6-10-1-2-11(13)5-10/h3-4,9-11,13,15,19H,1-2,5-8H2. The predicted molar refractivity (Wildman–Crippen MR) is 82.4 cm³/mol. The molecule has 2 fully saturated rings. The van der Waals surface area contributed by atoms with Gasteiger partial charge in [-0.25, -0.2) is 0 Å². The third-order valence-electron chi connectivity index (χ3n) is 4.93. The van der Waals surface area contributed by atoms with E-state index >= 15 is 0 Å². The highest BCUT2D eigenvalue weighted by molar-refractivity contribution is 9.10. The van der Waals surface area contributed by atoms with Crippen LogP contribution in [-0.4, -0.2) is 11.2 Å². The molecule has 0 radical (unpaired) electrons. The Bertz CT molecular complexity index is 462. The first-order valence-corrected chi connectivity index (χ1v) is 8.41. The second-order valence-corrected chi connectivity index (χ2v) is 7.59. The first-order valence-electron chi connectivity index (χ1n) is 7.24. The molecule has 4 atom stereocenters. The van der Waals surface area contributed by atoms with Crippen LogP contribution < -0.4 is 0 Å². The van der Waals surface area contributed by atoms with Crippen LogP contribution in [0.3, 0.4) is 0 Å². The molecule has 0 saturated heterocycles. The van der Waals surface area contributed by atoms with Crippen LogP contribution in [0.25, 0.3) is 0 Å². The van der Waals surface area contributed by atoms with Gasteiger partial charge >= 0.3 is 0 Å². The average molecular weight is 344 g/mol. The van der Waals surface area contributed by atoms with E-state index in [-0.39, 0.29) is 6.10 Å². The Morgan fingerprint density at radius 2 is 2.16 bits per heavy atom. The van der Waals surface area contributed by atoms with E-state index in [0.717, 1.165) is 39.2 Å². The molecule has 2 bridgehead atoms. The number of benzene rings is 1. The molecule has 19 heavy (non-hydrogen) atoms. The molecule has 3 rings (SSSR count). The Labute approximate surface area is 128 Å². The molecule has 0 aliphatic heterocycles. The highest BCUT2D eigenvalue weighted by atomic mass is 79.9. The maximum atomic E-state index is 10.3. The number of aliphatic hydroxyl groups is 1. The fourth-order valence-electron chi connectivity index (χ4n) is 4.04. The molecule has 2 aliphatic carbocycles. The summed E-state index contributed by atoms with van der Waals surface area (Å²) < 4.78 is 0.990. The number of fused-ring (bicyclic) bond motifs is 2. The maximum Gasteiger partial charge on any atom is 0.0583 e. The van der Waals surface area contributed by atoms with Gasteiger partial charge in [-0.05, 0) is 67.6 Å². The van der Waals surface area contributed by atoms with Crippen molar-refractivity contribution >= 4 is 27.5 Å². The Morgan fingerprint density at radius 3 is 2.79 bits per heavy atom. The molecular weight excluding hydrogens is 324 g/mol. The van der Waals surface area contributed by atoms with Crippen LogP contribution in [0.1, 0.15) is 37.7 Å². The summed E-state index contributed by atoms with van der Waals surface area (Å²) in [7, 11) is 0. The SMILES string of the molecule is OC(Cc1ccc(Br)cc1Cl)CC1CC2CCC1C2. The van der Waals surface area contributed by atoms with Crippen LogP contribution in [0.5, 0.6) is 0 Å². The van der Waals surface area contributed by atoms with Crippen molar-refractivity contribution < 1.29 is 5.11 Å². The van der Waals surface area contributed by atoms with Crippen molar-refractivity contribution in [2.45, 2.75) is 44.6 Å². The number of halogens is 2. The molecule has 0 heterocycles. The summed E-state index contributed by atoms with van der Waals surface area (Å²) >= 11 is 9.62. The van der Waals surface area contributed by atoms with Crippen LogP contribution in [-0.2, 0) is 6.42 Å². The van der Waals surface area contributed by atoms with Crippen LogP contribution in [0.15, 0.2) is 22.7 Å². The van der Waals surface area contributed by atoms with Crippen molar-refractivity contribution in [3.63, 3.8) is 0 Å². The third-order valence-corrected chi connectivity index (χ3v) is 5.78. The summed E-state index contributed by atoms with van der Waals surface area (Å²) in [6.45, 7) is 0. The summed E-state index contributed by atoms with van der Waals surface area (Å²) in [4.78, 5) is 0. The average Bonchev–Trinajstić information content (AvgIpc) is 2.95. The van der Waals surface area contributed by atoms with E-state index in [9.17, 15) is 5.11 Å². The van der Waals surface area contributed by atoms with Gasteiger partial charge in [-0.15, -0.1) is 0 Å². The van der Waals surface area contributed by atoms with Gasteiger partial charge in [0, 0.05) is 9.50 Å². The van der Waals surface area contributed by atoms with Gasteiger partial charge in [0.05, 0.1) is 6.10 Å².